The molecule has 372 valence electrons. The second kappa shape index (κ2) is 20.1. The molecule has 1 fully saturated rings. The molecule has 18 heteroatoms. The Morgan fingerprint density at radius 1 is 0.986 bits per heavy atom. The lowest BCUT2D eigenvalue weighted by Crippen LogP contribution is -2.47. The third kappa shape index (κ3) is 9.63. The van der Waals surface area contributed by atoms with Crippen LogP contribution in [0.15, 0.2) is 62.7 Å². The summed E-state index contributed by atoms with van der Waals surface area (Å²) in [5, 5.41) is 52.8. The summed E-state index contributed by atoms with van der Waals surface area (Å²) in [5.41, 5.74) is -0.353. The SMILES string of the molecule is CO[C@H]1C=CO[C@@]2(C)Oc3c(C)c(=O)c4c(O)c(c5oc6cc(N7CCN(CC(C)C)CC7)cc(O)c6nc5c4c3C2N=O)NC(=O)C(C)=CC=C[C@H](C)[C@H](O)[C@@H](C)[C@@H](O)[C@@H](C)[C@H](OC(C)=O)[C@@H]1C. The van der Waals surface area contributed by atoms with Crippen molar-refractivity contribution in [1.29, 1.82) is 0 Å². The number of allylic oxidation sites excluding steroid dienone is 2. The fourth-order valence-electron chi connectivity index (χ4n) is 10.1. The van der Waals surface area contributed by atoms with Crippen LogP contribution in [0.2, 0.25) is 0 Å². The van der Waals surface area contributed by atoms with Gasteiger partial charge in [-0.2, -0.15) is 0 Å². The van der Waals surface area contributed by atoms with E-state index in [-0.39, 0.29) is 66.9 Å². The van der Waals surface area contributed by atoms with Crippen molar-refractivity contribution >= 4 is 56.2 Å². The number of carbonyl (C=O) groups is 2. The van der Waals surface area contributed by atoms with Gasteiger partial charge in [-0.3, -0.25) is 19.3 Å². The Morgan fingerprint density at radius 3 is 2.32 bits per heavy atom. The third-order valence-corrected chi connectivity index (χ3v) is 14.1. The molecule has 4 heterocycles. The number of aliphatic hydroxyl groups excluding tert-OH is 2. The average Bonchev–Trinajstić information content (AvgIpc) is 3.61. The number of ether oxygens (including phenoxy) is 4. The summed E-state index contributed by atoms with van der Waals surface area (Å²) in [6, 6.07) is 1.78. The molecule has 4 aromatic rings. The quantitative estimate of drug-likeness (QED) is 0.0425. The molecule has 3 aromatic carbocycles. The van der Waals surface area contributed by atoms with E-state index in [1.54, 1.807) is 52.0 Å². The van der Waals surface area contributed by atoms with Crippen LogP contribution in [0.3, 0.4) is 0 Å². The van der Waals surface area contributed by atoms with Gasteiger partial charge in [-0.25, -0.2) is 4.98 Å². The van der Waals surface area contributed by atoms with E-state index < -0.39 is 83.0 Å². The highest BCUT2D eigenvalue weighted by Gasteiger charge is 2.52. The fourth-order valence-corrected chi connectivity index (χ4v) is 10.1. The number of fused-ring (bicyclic) bond motifs is 2. The molecule has 3 aliphatic rings. The number of phenolic OH excluding ortho intramolecular Hbond substituents is 2. The predicted octanol–water partition coefficient (Wildman–Crippen LogP) is 7.11. The zero-order valence-corrected chi connectivity index (χ0v) is 41.1. The van der Waals surface area contributed by atoms with Gasteiger partial charge in [0.25, 0.3) is 11.7 Å². The minimum atomic E-state index is -1.92. The second-order valence-electron chi connectivity index (χ2n) is 19.5. The maximum atomic E-state index is 14.5. The Morgan fingerprint density at radius 2 is 1.68 bits per heavy atom. The second-order valence-corrected chi connectivity index (χ2v) is 19.5. The average molecular weight is 956 g/mol. The zero-order valence-electron chi connectivity index (χ0n) is 41.1. The van der Waals surface area contributed by atoms with Crippen molar-refractivity contribution in [2.45, 2.75) is 105 Å². The molecule has 18 nitrogen and oxygen atoms in total. The van der Waals surface area contributed by atoms with Crippen molar-refractivity contribution in [3.8, 4) is 17.2 Å². The van der Waals surface area contributed by atoms with Gasteiger partial charge in [-0.1, -0.05) is 64.9 Å². The van der Waals surface area contributed by atoms with E-state index in [0.29, 0.717) is 24.7 Å². The molecule has 1 unspecified atom stereocenters. The molecule has 1 saturated heterocycles. The number of carbonyl (C=O) groups excluding carboxylic acids is 2. The number of piperazine rings is 1. The standard InChI is InChI=1S/C51H65N5O13/c1-24(2)23-55-16-18-56(19-17-55)32-21-33(58)39-35(22-32)68-48-40(52-39)36-37-44(61)30(8)47-38(36)49(54-64)51(10,69-47)66-20-15-34(65-11)27(5)46(67-31(9)57)29(7)43(60)28(6)42(59)25(3)13-12-14-26(4)50(63)53-41(48)45(37)62/h12-15,20-22,24-25,27-29,34,42-43,46,49,58-60,62H,16-19,23H2,1-11H3,(H,53,63)/t25-,27+,28+,29+,34-,42-,43+,46+,49?,51-/m0/s1. The Kier molecular flexibility index (Phi) is 14.8. The summed E-state index contributed by atoms with van der Waals surface area (Å²) in [5.74, 6) is -6.25. The van der Waals surface area contributed by atoms with E-state index in [9.17, 15) is 39.7 Å². The lowest BCUT2D eigenvalue weighted by atomic mass is 9.78. The summed E-state index contributed by atoms with van der Waals surface area (Å²) in [6.07, 6.45) is 3.56. The number of hydrogen-bond acceptors (Lipinski definition) is 17. The Labute approximate surface area is 400 Å². The van der Waals surface area contributed by atoms with E-state index in [2.05, 4.69) is 34.1 Å². The number of nitrogens with zero attached hydrogens (tertiary/aromatic N) is 4. The summed E-state index contributed by atoms with van der Waals surface area (Å²) in [6.45, 7) is 20.9. The maximum absolute atomic E-state index is 14.5. The minimum absolute atomic E-state index is 0.000764. The smallest absolute Gasteiger partial charge is 0.302 e. The fraction of sp³-hybridized carbons (Fsp3) is 0.529. The van der Waals surface area contributed by atoms with Crippen molar-refractivity contribution < 1.29 is 53.4 Å². The highest BCUT2D eigenvalue weighted by Crippen LogP contribution is 2.54. The number of aliphatic hydroxyl groups is 2. The Hall–Kier alpha value is -6.08. The van der Waals surface area contributed by atoms with E-state index in [1.807, 2.05) is 0 Å². The van der Waals surface area contributed by atoms with E-state index >= 15 is 0 Å². The maximum Gasteiger partial charge on any atom is 0.302 e. The highest BCUT2D eigenvalue weighted by atomic mass is 16.7. The van der Waals surface area contributed by atoms with Crippen LogP contribution in [0.5, 0.6) is 17.2 Å². The van der Waals surface area contributed by atoms with E-state index in [1.165, 1.54) is 53.2 Å². The van der Waals surface area contributed by atoms with Gasteiger partial charge in [0.15, 0.2) is 28.4 Å². The number of nitroso groups, excluding NO2 is 1. The number of benzene rings is 3. The molecular formula is C51H65N5O13. The largest absolute Gasteiger partial charge is 0.505 e. The van der Waals surface area contributed by atoms with Crippen LogP contribution in [0.4, 0.5) is 11.4 Å². The summed E-state index contributed by atoms with van der Waals surface area (Å²) in [4.78, 5) is 63.7. The number of phenols is 2. The van der Waals surface area contributed by atoms with Crippen molar-refractivity contribution in [1.82, 2.24) is 9.88 Å². The van der Waals surface area contributed by atoms with Gasteiger partial charge in [0, 0.05) is 117 Å². The van der Waals surface area contributed by atoms with E-state index in [0.717, 1.165) is 19.6 Å². The number of anilines is 2. The molecule has 69 heavy (non-hydrogen) atoms. The molecule has 7 rings (SSSR count). The predicted molar refractivity (Wildman–Crippen MR) is 261 cm³/mol. The first-order valence-corrected chi connectivity index (χ1v) is 23.5. The van der Waals surface area contributed by atoms with Gasteiger partial charge in [0.1, 0.15) is 34.3 Å². The summed E-state index contributed by atoms with van der Waals surface area (Å²) in [7, 11) is 1.44. The van der Waals surface area contributed by atoms with Crippen LogP contribution >= 0.6 is 0 Å². The number of esters is 1. The molecule has 10 atom stereocenters. The first kappa shape index (κ1) is 50.8. The number of methoxy groups -OCH3 is 1. The number of aromatic hydroxyl groups is 2. The molecule has 1 amide bonds. The Balaban J connectivity index is 1.44. The molecule has 0 aliphatic carbocycles. The molecule has 4 bridgehead atoms. The van der Waals surface area contributed by atoms with Crippen LogP contribution in [0.25, 0.3) is 33.0 Å². The molecular weight excluding hydrogens is 891 g/mol. The number of nitrogens with one attached hydrogen (secondary N) is 1. The van der Waals surface area contributed by atoms with Crippen LogP contribution < -0.4 is 20.4 Å². The topological polar surface area (TPSA) is 243 Å². The molecule has 5 N–H and O–H groups in total. The zero-order chi connectivity index (χ0) is 50.4. The first-order chi connectivity index (χ1) is 32.6. The van der Waals surface area contributed by atoms with Crippen molar-refractivity contribution in [2.24, 2.45) is 34.8 Å². The molecule has 3 aliphatic heterocycles. The minimum Gasteiger partial charge on any atom is -0.505 e. The van der Waals surface area contributed by atoms with Crippen LogP contribution in [-0.2, 0) is 23.8 Å². The van der Waals surface area contributed by atoms with Crippen LogP contribution in [0.1, 0.15) is 79.5 Å². The molecule has 1 aromatic heterocycles. The van der Waals surface area contributed by atoms with Gasteiger partial charge in [0.05, 0.1) is 30.0 Å². The van der Waals surface area contributed by atoms with Crippen LogP contribution in [-0.4, -0.2) is 112 Å². The monoisotopic (exact) mass is 955 g/mol. The molecule has 0 saturated carbocycles. The van der Waals surface area contributed by atoms with Crippen molar-refractivity contribution in [2.75, 3.05) is 50.1 Å². The number of rotatable bonds is 6. The van der Waals surface area contributed by atoms with Crippen molar-refractivity contribution in [3.63, 3.8) is 0 Å². The van der Waals surface area contributed by atoms with Gasteiger partial charge in [0.2, 0.25) is 0 Å². The third-order valence-electron chi connectivity index (χ3n) is 14.1. The summed E-state index contributed by atoms with van der Waals surface area (Å²) >= 11 is 0. The van der Waals surface area contributed by atoms with Gasteiger partial charge in [-0.15, -0.1) is 4.91 Å². The van der Waals surface area contributed by atoms with Crippen LogP contribution in [0, 0.1) is 41.4 Å². The van der Waals surface area contributed by atoms with Crippen molar-refractivity contribution in [3.05, 3.63) is 74.5 Å². The lowest BCUT2D eigenvalue weighted by Gasteiger charge is -2.38. The molecule has 0 spiro atoms. The molecule has 0 radical (unpaired) electrons. The van der Waals surface area contributed by atoms with Gasteiger partial charge in [-0.05, 0) is 25.8 Å². The first-order valence-electron chi connectivity index (χ1n) is 23.5. The Bertz CT molecular complexity index is 2800. The van der Waals surface area contributed by atoms with E-state index in [4.69, 9.17) is 28.3 Å². The lowest BCUT2D eigenvalue weighted by molar-refractivity contribution is -0.160. The van der Waals surface area contributed by atoms with Gasteiger partial charge >= 0.3 is 5.97 Å². The number of aromatic nitrogens is 1. The number of hydrogen-bond donors (Lipinski definition) is 5. The van der Waals surface area contributed by atoms with Gasteiger partial charge < -0.3 is 54.0 Å². The number of amides is 1. The summed E-state index contributed by atoms with van der Waals surface area (Å²) < 4.78 is 30.8. The normalized spacial score (nSPS) is 28.6. The highest BCUT2D eigenvalue weighted by molar-refractivity contribution is 6.20.